The Hall–Kier alpha value is -2.78. The van der Waals surface area contributed by atoms with Crippen LogP contribution in [0.15, 0.2) is 58.8 Å². The van der Waals surface area contributed by atoms with Gasteiger partial charge >= 0.3 is 0 Å². The summed E-state index contributed by atoms with van der Waals surface area (Å²) in [6.45, 7) is 2.75. The van der Waals surface area contributed by atoms with Gasteiger partial charge in [-0.2, -0.15) is 4.31 Å². The van der Waals surface area contributed by atoms with Crippen LogP contribution in [0.5, 0.6) is 0 Å². The Kier molecular flexibility index (Phi) is 5.10. The van der Waals surface area contributed by atoms with Crippen molar-refractivity contribution in [2.24, 2.45) is 5.16 Å². The van der Waals surface area contributed by atoms with E-state index in [1.165, 1.54) is 4.31 Å². The van der Waals surface area contributed by atoms with Gasteiger partial charge in [0.1, 0.15) is 5.71 Å². The third-order valence-corrected chi connectivity index (χ3v) is 7.08. The fraction of sp³-hybridized carbons (Fsp3) is 0.350. The molecule has 2 aromatic rings. The minimum Gasteiger partial charge on any atom is -0.387 e. The molecular formula is C20H22N4O4S. The summed E-state index contributed by atoms with van der Waals surface area (Å²) in [4.78, 5) is 22.3. The zero-order chi connectivity index (χ0) is 20.5. The van der Waals surface area contributed by atoms with Crippen LogP contribution >= 0.6 is 0 Å². The molecule has 0 bridgehead atoms. The van der Waals surface area contributed by atoms with Crippen molar-refractivity contribution in [3.05, 3.63) is 59.9 Å². The normalized spacial score (nSPS) is 21.8. The topological polar surface area (TPSA) is 101 Å². The molecule has 152 valence electrons. The number of hydrogen-bond acceptors (Lipinski definition) is 6. The van der Waals surface area contributed by atoms with E-state index in [-0.39, 0.29) is 29.5 Å². The van der Waals surface area contributed by atoms with Crippen molar-refractivity contribution in [2.45, 2.75) is 36.8 Å². The standard InChI is InChI=1S/C20H22N4O4S/c1-15-4-6-17(7-5-15)29(26,27)24-10-8-20(14-24)11-18(23-28-20)19(25)22-13-16-3-2-9-21-12-16/h2-7,9,12H,8,10-11,13-14H2,1H3,(H,22,25)/t20-/m0/s1. The molecule has 1 spiro atoms. The van der Waals surface area contributed by atoms with Gasteiger partial charge in [0.15, 0.2) is 5.60 Å². The van der Waals surface area contributed by atoms with Crippen LogP contribution in [0.4, 0.5) is 0 Å². The zero-order valence-electron chi connectivity index (χ0n) is 16.0. The lowest BCUT2D eigenvalue weighted by molar-refractivity contribution is -0.115. The predicted octanol–water partition coefficient (Wildman–Crippen LogP) is 1.62. The van der Waals surface area contributed by atoms with Crippen molar-refractivity contribution in [1.29, 1.82) is 0 Å². The molecule has 29 heavy (non-hydrogen) atoms. The highest BCUT2D eigenvalue weighted by Gasteiger charge is 2.49. The summed E-state index contributed by atoms with van der Waals surface area (Å²) < 4.78 is 27.2. The molecule has 0 radical (unpaired) electrons. The number of nitrogens with zero attached hydrogens (tertiary/aromatic N) is 3. The van der Waals surface area contributed by atoms with Gasteiger partial charge in [0.2, 0.25) is 10.0 Å². The first-order valence-corrected chi connectivity index (χ1v) is 10.8. The molecule has 8 nitrogen and oxygen atoms in total. The van der Waals surface area contributed by atoms with Gasteiger partial charge in [0.25, 0.3) is 5.91 Å². The van der Waals surface area contributed by atoms with E-state index in [0.717, 1.165) is 11.1 Å². The number of carbonyl (C=O) groups excluding carboxylic acids is 1. The average Bonchev–Trinajstić information content (AvgIpc) is 3.35. The molecule has 1 atom stereocenters. The van der Waals surface area contributed by atoms with Crippen molar-refractivity contribution in [3.63, 3.8) is 0 Å². The van der Waals surface area contributed by atoms with E-state index in [0.29, 0.717) is 19.5 Å². The predicted molar refractivity (Wildman–Crippen MR) is 107 cm³/mol. The van der Waals surface area contributed by atoms with Crippen LogP contribution in [0.3, 0.4) is 0 Å². The molecule has 9 heteroatoms. The molecule has 4 rings (SSSR count). The lowest BCUT2D eigenvalue weighted by atomic mass is 9.96. The SMILES string of the molecule is Cc1ccc(S(=O)(=O)N2CC[C@]3(CC(C(=O)NCc4cccnc4)=NO3)C2)cc1. The van der Waals surface area contributed by atoms with E-state index in [1.54, 1.807) is 42.7 Å². The van der Waals surface area contributed by atoms with Gasteiger partial charge in [-0.3, -0.25) is 9.78 Å². The van der Waals surface area contributed by atoms with Crippen LogP contribution in [0.2, 0.25) is 0 Å². The van der Waals surface area contributed by atoms with E-state index < -0.39 is 15.6 Å². The second-order valence-corrected chi connectivity index (χ2v) is 9.37. The molecule has 3 heterocycles. The lowest BCUT2D eigenvalue weighted by Gasteiger charge is -2.21. The number of aryl methyl sites for hydroxylation is 1. The van der Waals surface area contributed by atoms with Gasteiger partial charge in [-0.1, -0.05) is 28.9 Å². The van der Waals surface area contributed by atoms with Crippen LogP contribution in [0.1, 0.15) is 24.0 Å². The highest BCUT2D eigenvalue weighted by atomic mass is 32.2. The number of oxime groups is 1. The Morgan fingerprint density at radius 1 is 1.28 bits per heavy atom. The van der Waals surface area contributed by atoms with E-state index in [9.17, 15) is 13.2 Å². The van der Waals surface area contributed by atoms with Crippen molar-refractivity contribution in [2.75, 3.05) is 13.1 Å². The first-order valence-electron chi connectivity index (χ1n) is 9.37. The molecule has 0 unspecified atom stereocenters. The Balaban J connectivity index is 1.38. The summed E-state index contributed by atoms with van der Waals surface area (Å²) in [7, 11) is -3.61. The summed E-state index contributed by atoms with van der Waals surface area (Å²) >= 11 is 0. The van der Waals surface area contributed by atoms with E-state index in [2.05, 4.69) is 15.5 Å². The van der Waals surface area contributed by atoms with Crippen LogP contribution < -0.4 is 5.32 Å². The van der Waals surface area contributed by atoms with E-state index in [4.69, 9.17) is 4.84 Å². The van der Waals surface area contributed by atoms with Gasteiger partial charge in [-0.25, -0.2) is 8.42 Å². The van der Waals surface area contributed by atoms with Gasteiger partial charge in [0, 0.05) is 38.3 Å². The Morgan fingerprint density at radius 3 is 2.79 bits per heavy atom. The Bertz CT molecular complexity index is 1040. The molecule has 2 aliphatic heterocycles. The van der Waals surface area contributed by atoms with Crippen molar-refractivity contribution in [3.8, 4) is 0 Å². The van der Waals surface area contributed by atoms with Crippen LogP contribution in [0.25, 0.3) is 0 Å². The van der Waals surface area contributed by atoms with Gasteiger partial charge in [0.05, 0.1) is 11.4 Å². The van der Waals surface area contributed by atoms with Gasteiger partial charge in [-0.15, -0.1) is 0 Å². The fourth-order valence-electron chi connectivity index (χ4n) is 3.52. The first kappa shape index (κ1) is 19.5. The van der Waals surface area contributed by atoms with Crippen LogP contribution in [-0.2, 0) is 26.2 Å². The Labute approximate surface area is 169 Å². The molecule has 0 aliphatic carbocycles. The number of aromatic nitrogens is 1. The minimum absolute atomic E-state index is 0.173. The van der Waals surface area contributed by atoms with Crippen molar-refractivity contribution >= 4 is 21.6 Å². The summed E-state index contributed by atoms with van der Waals surface area (Å²) in [5.74, 6) is -0.314. The maximum absolute atomic E-state index is 12.9. The number of sulfonamides is 1. The maximum atomic E-state index is 12.9. The van der Waals surface area contributed by atoms with E-state index >= 15 is 0 Å². The molecule has 1 saturated heterocycles. The quantitative estimate of drug-likeness (QED) is 0.801. The number of carbonyl (C=O) groups is 1. The number of rotatable bonds is 5. The number of hydrogen-bond donors (Lipinski definition) is 1. The molecule has 1 amide bonds. The van der Waals surface area contributed by atoms with Crippen LogP contribution in [-0.4, -0.2) is 48.0 Å². The fourth-order valence-corrected chi connectivity index (χ4v) is 5.04. The third kappa shape index (κ3) is 4.01. The number of nitrogens with one attached hydrogen (secondary N) is 1. The molecule has 1 fully saturated rings. The zero-order valence-corrected chi connectivity index (χ0v) is 16.9. The lowest BCUT2D eigenvalue weighted by Crippen LogP contribution is -2.38. The molecule has 1 aromatic heterocycles. The highest BCUT2D eigenvalue weighted by Crippen LogP contribution is 2.36. The van der Waals surface area contributed by atoms with Gasteiger partial charge in [-0.05, 0) is 30.7 Å². The highest BCUT2D eigenvalue weighted by molar-refractivity contribution is 7.89. The maximum Gasteiger partial charge on any atom is 0.269 e. The molecular weight excluding hydrogens is 392 g/mol. The van der Waals surface area contributed by atoms with E-state index in [1.807, 2.05) is 13.0 Å². The third-order valence-electron chi connectivity index (χ3n) is 5.22. The average molecular weight is 414 g/mol. The largest absolute Gasteiger partial charge is 0.387 e. The Morgan fingerprint density at radius 2 is 2.07 bits per heavy atom. The second-order valence-electron chi connectivity index (χ2n) is 7.43. The smallest absolute Gasteiger partial charge is 0.269 e. The van der Waals surface area contributed by atoms with Gasteiger partial charge < -0.3 is 10.2 Å². The van der Waals surface area contributed by atoms with Crippen LogP contribution in [0, 0.1) is 6.92 Å². The summed E-state index contributed by atoms with van der Waals surface area (Å²) in [5.41, 5.74) is 1.38. The number of amides is 1. The van der Waals surface area contributed by atoms with Crippen molar-refractivity contribution in [1.82, 2.24) is 14.6 Å². The molecule has 1 N–H and O–H groups in total. The monoisotopic (exact) mass is 414 g/mol. The number of pyridine rings is 1. The molecule has 2 aliphatic rings. The summed E-state index contributed by atoms with van der Waals surface area (Å²) in [6.07, 6.45) is 4.12. The summed E-state index contributed by atoms with van der Waals surface area (Å²) in [5, 5.41) is 6.75. The second kappa shape index (κ2) is 7.57. The first-order chi connectivity index (χ1) is 13.9. The van der Waals surface area contributed by atoms with Crippen molar-refractivity contribution < 1.29 is 18.0 Å². The summed E-state index contributed by atoms with van der Waals surface area (Å²) in [6, 6.07) is 10.4. The minimum atomic E-state index is -3.61. The molecule has 0 saturated carbocycles. The molecule has 1 aromatic carbocycles. The number of benzene rings is 1.